The minimum atomic E-state index is -0.246. The van der Waals surface area contributed by atoms with E-state index in [9.17, 15) is 4.79 Å². The largest absolute Gasteiger partial charge is 0.493 e. The molecule has 1 fully saturated rings. The molecular weight excluding hydrogens is 384 g/mol. The Labute approximate surface area is 155 Å². The Morgan fingerprint density at radius 2 is 1.80 bits per heavy atom. The lowest BCUT2D eigenvalue weighted by Crippen LogP contribution is -2.44. The quantitative estimate of drug-likeness (QED) is 0.832. The second kappa shape index (κ2) is 6.26. The first-order valence-corrected chi connectivity index (χ1v) is 9.03. The van der Waals surface area contributed by atoms with E-state index in [0.717, 1.165) is 34.1 Å². The molecule has 1 N–H and O–H groups in total. The summed E-state index contributed by atoms with van der Waals surface area (Å²) in [7, 11) is 3.22. The number of nitrogens with zero attached hydrogens (tertiary/aromatic N) is 1. The van der Waals surface area contributed by atoms with Crippen molar-refractivity contribution >= 4 is 27.5 Å². The van der Waals surface area contributed by atoms with Gasteiger partial charge < -0.3 is 19.7 Å². The van der Waals surface area contributed by atoms with Crippen molar-refractivity contribution in [2.24, 2.45) is 0 Å². The van der Waals surface area contributed by atoms with Crippen molar-refractivity contribution in [2.45, 2.75) is 25.0 Å². The molecular formula is C19H19BrN2O3. The number of fused-ring (bicyclic) bond motifs is 1. The van der Waals surface area contributed by atoms with Crippen LogP contribution in [0.1, 0.15) is 34.9 Å². The van der Waals surface area contributed by atoms with Crippen LogP contribution in [0.2, 0.25) is 0 Å². The average molecular weight is 403 g/mol. The van der Waals surface area contributed by atoms with Crippen molar-refractivity contribution in [2.75, 3.05) is 19.5 Å². The van der Waals surface area contributed by atoms with Crippen molar-refractivity contribution in [1.82, 2.24) is 4.90 Å². The molecule has 0 bridgehead atoms. The number of anilines is 1. The fourth-order valence-electron chi connectivity index (χ4n) is 3.31. The minimum Gasteiger partial charge on any atom is -0.493 e. The van der Waals surface area contributed by atoms with Gasteiger partial charge in [0.1, 0.15) is 6.17 Å². The van der Waals surface area contributed by atoms with Crippen LogP contribution in [0.4, 0.5) is 5.69 Å². The lowest BCUT2D eigenvalue weighted by atomic mass is 10.0. The van der Waals surface area contributed by atoms with Crippen LogP contribution in [0.25, 0.3) is 0 Å². The molecule has 1 atom stereocenters. The van der Waals surface area contributed by atoms with Crippen LogP contribution in [-0.2, 0) is 0 Å². The van der Waals surface area contributed by atoms with E-state index < -0.39 is 0 Å². The van der Waals surface area contributed by atoms with Gasteiger partial charge >= 0.3 is 0 Å². The molecule has 1 amide bonds. The van der Waals surface area contributed by atoms with Crippen LogP contribution in [0, 0.1) is 0 Å². The number of carbonyl (C=O) groups excluding carboxylic acids is 1. The first kappa shape index (κ1) is 16.3. The van der Waals surface area contributed by atoms with Crippen molar-refractivity contribution in [1.29, 1.82) is 0 Å². The lowest BCUT2D eigenvalue weighted by Gasteiger charge is -2.39. The van der Waals surface area contributed by atoms with Gasteiger partial charge in [0.25, 0.3) is 5.91 Å². The first-order chi connectivity index (χ1) is 12.1. The summed E-state index contributed by atoms with van der Waals surface area (Å²) in [6.45, 7) is 0. The summed E-state index contributed by atoms with van der Waals surface area (Å²) < 4.78 is 11.7. The third-order valence-electron chi connectivity index (χ3n) is 4.70. The van der Waals surface area contributed by atoms with E-state index in [1.165, 1.54) is 0 Å². The number of hydrogen-bond donors (Lipinski definition) is 1. The second-order valence-electron chi connectivity index (χ2n) is 6.26. The van der Waals surface area contributed by atoms with Gasteiger partial charge in [0, 0.05) is 21.8 Å². The summed E-state index contributed by atoms with van der Waals surface area (Å²) in [6, 6.07) is 11.7. The number of para-hydroxylation sites is 1. The van der Waals surface area contributed by atoms with Crippen LogP contribution in [-0.4, -0.2) is 31.1 Å². The fraction of sp³-hybridized carbons (Fsp3) is 0.316. The molecule has 1 aliphatic carbocycles. The second-order valence-corrected chi connectivity index (χ2v) is 7.12. The van der Waals surface area contributed by atoms with Gasteiger partial charge in [-0.25, -0.2) is 0 Å². The Bertz CT molecular complexity index is 835. The van der Waals surface area contributed by atoms with Gasteiger partial charge in [0.05, 0.1) is 19.8 Å². The zero-order chi connectivity index (χ0) is 17.6. The van der Waals surface area contributed by atoms with Crippen molar-refractivity contribution in [3.63, 3.8) is 0 Å². The molecule has 2 aliphatic rings. The van der Waals surface area contributed by atoms with Gasteiger partial charge in [-0.05, 0) is 37.1 Å². The van der Waals surface area contributed by atoms with Gasteiger partial charge in [-0.2, -0.15) is 0 Å². The number of hydrogen-bond acceptors (Lipinski definition) is 4. The number of methoxy groups -OCH3 is 2. The van der Waals surface area contributed by atoms with Gasteiger partial charge in [-0.1, -0.05) is 28.1 Å². The highest BCUT2D eigenvalue weighted by Crippen LogP contribution is 2.44. The summed E-state index contributed by atoms with van der Waals surface area (Å²) in [5, 5.41) is 3.52. The maximum Gasteiger partial charge on any atom is 0.258 e. The summed E-state index contributed by atoms with van der Waals surface area (Å²) >= 11 is 3.63. The van der Waals surface area contributed by atoms with E-state index in [2.05, 4.69) is 21.2 Å². The highest BCUT2D eigenvalue weighted by atomic mass is 79.9. The van der Waals surface area contributed by atoms with Gasteiger partial charge in [-0.3, -0.25) is 4.79 Å². The molecule has 6 heteroatoms. The van der Waals surface area contributed by atoms with Crippen LogP contribution in [0.5, 0.6) is 11.5 Å². The Balaban J connectivity index is 1.82. The summed E-state index contributed by atoms with van der Waals surface area (Å²) in [4.78, 5) is 15.0. The van der Waals surface area contributed by atoms with E-state index in [1.807, 2.05) is 41.3 Å². The Morgan fingerprint density at radius 1 is 1.12 bits per heavy atom. The Kier molecular flexibility index (Phi) is 4.07. The molecule has 0 saturated heterocycles. The first-order valence-electron chi connectivity index (χ1n) is 8.23. The standard InChI is InChI=1S/C19H19BrN2O3/c1-24-16-9-13(14(20)10-17(16)25-2)18-21-15-6-4-3-5-12(15)19(23)22(18)11-7-8-11/h3-6,9-11,18,21H,7-8H2,1-2H3/t18-/m1/s1. The smallest absolute Gasteiger partial charge is 0.258 e. The highest BCUT2D eigenvalue weighted by Gasteiger charge is 2.42. The third kappa shape index (κ3) is 2.74. The molecule has 0 aromatic heterocycles. The minimum absolute atomic E-state index is 0.0727. The number of halogens is 1. The fourth-order valence-corrected chi connectivity index (χ4v) is 3.84. The van der Waals surface area contributed by atoms with Crippen LogP contribution in [0.15, 0.2) is 40.9 Å². The average Bonchev–Trinajstić information content (AvgIpc) is 3.46. The zero-order valence-corrected chi connectivity index (χ0v) is 15.7. The number of nitrogens with one attached hydrogen (secondary N) is 1. The number of ether oxygens (including phenoxy) is 2. The number of carbonyl (C=O) groups is 1. The number of rotatable bonds is 4. The number of amides is 1. The summed E-state index contributed by atoms with van der Waals surface area (Å²) in [6.07, 6.45) is 1.83. The lowest BCUT2D eigenvalue weighted by molar-refractivity contribution is 0.0665. The predicted molar refractivity (Wildman–Crippen MR) is 99.2 cm³/mol. The molecule has 0 spiro atoms. The molecule has 1 heterocycles. The summed E-state index contributed by atoms with van der Waals surface area (Å²) in [5.74, 6) is 1.37. The number of benzene rings is 2. The van der Waals surface area contributed by atoms with E-state index in [0.29, 0.717) is 11.5 Å². The normalized spacial score (nSPS) is 19.2. The molecule has 0 unspecified atom stereocenters. The van der Waals surface area contributed by atoms with E-state index in [4.69, 9.17) is 9.47 Å². The maximum absolute atomic E-state index is 13.1. The molecule has 5 nitrogen and oxygen atoms in total. The molecule has 1 aliphatic heterocycles. The molecule has 130 valence electrons. The zero-order valence-electron chi connectivity index (χ0n) is 14.1. The van der Waals surface area contributed by atoms with Crippen LogP contribution >= 0.6 is 15.9 Å². The Morgan fingerprint density at radius 3 is 2.48 bits per heavy atom. The predicted octanol–water partition coefficient (Wildman–Crippen LogP) is 4.20. The van der Waals surface area contributed by atoms with Crippen LogP contribution < -0.4 is 14.8 Å². The SMILES string of the molecule is COc1cc(Br)c([C@@H]2Nc3ccccc3C(=O)N2C2CC2)cc1OC. The van der Waals surface area contributed by atoms with E-state index >= 15 is 0 Å². The maximum atomic E-state index is 13.1. The van der Waals surface area contributed by atoms with Gasteiger partial charge in [0.15, 0.2) is 11.5 Å². The molecule has 25 heavy (non-hydrogen) atoms. The van der Waals surface area contributed by atoms with Gasteiger partial charge in [-0.15, -0.1) is 0 Å². The molecule has 0 radical (unpaired) electrons. The van der Waals surface area contributed by atoms with E-state index in [1.54, 1.807) is 14.2 Å². The van der Waals surface area contributed by atoms with E-state index in [-0.39, 0.29) is 18.1 Å². The third-order valence-corrected chi connectivity index (χ3v) is 5.39. The van der Waals surface area contributed by atoms with Gasteiger partial charge in [0.2, 0.25) is 0 Å². The summed E-state index contributed by atoms with van der Waals surface area (Å²) in [5.41, 5.74) is 2.53. The monoisotopic (exact) mass is 402 g/mol. The molecule has 2 aromatic rings. The molecule has 2 aromatic carbocycles. The Hall–Kier alpha value is -2.21. The molecule has 1 saturated carbocycles. The van der Waals surface area contributed by atoms with Crippen LogP contribution in [0.3, 0.4) is 0 Å². The van der Waals surface area contributed by atoms with Crippen molar-refractivity contribution in [3.05, 3.63) is 52.0 Å². The highest BCUT2D eigenvalue weighted by molar-refractivity contribution is 9.10. The van der Waals surface area contributed by atoms with Crippen molar-refractivity contribution in [3.8, 4) is 11.5 Å². The van der Waals surface area contributed by atoms with Crippen molar-refractivity contribution < 1.29 is 14.3 Å². The topological polar surface area (TPSA) is 50.8 Å². The molecule has 4 rings (SSSR count).